The van der Waals surface area contributed by atoms with E-state index in [4.69, 9.17) is 9.47 Å². The molecule has 1 fully saturated rings. The Morgan fingerprint density at radius 3 is 2.53 bits per heavy atom. The van der Waals surface area contributed by atoms with Gasteiger partial charge in [0.2, 0.25) is 0 Å². The zero-order valence-corrected chi connectivity index (χ0v) is 22.7. The van der Waals surface area contributed by atoms with Gasteiger partial charge in [-0.3, -0.25) is 9.59 Å². The third-order valence-corrected chi connectivity index (χ3v) is 8.04. The van der Waals surface area contributed by atoms with E-state index in [9.17, 15) is 9.59 Å². The Bertz CT molecular complexity index is 1510. The van der Waals surface area contributed by atoms with Gasteiger partial charge in [0, 0.05) is 53.5 Å². The number of rotatable bonds is 8. The number of aryl methyl sites for hydroxylation is 1. The van der Waals surface area contributed by atoms with Crippen LogP contribution in [0.3, 0.4) is 0 Å². The Labute approximate surface area is 223 Å². The number of H-pyrrole nitrogens is 1. The Morgan fingerprint density at radius 2 is 1.82 bits per heavy atom. The summed E-state index contributed by atoms with van der Waals surface area (Å²) in [6.07, 6.45) is 2.58. The van der Waals surface area contributed by atoms with Crippen LogP contribution < -0.4 is 10.3 Å². The molecule has 2 aromatic carbocycles. The number of carbonyl (C=O) groups is 1. The SMILES string of the molecule is COc1cc(C)[nH]c(=O)c1CCC(=O)c1c(C)n(C(C)C2CCOCC2)c2cc(-c3ccccc3)ccc12. The first-order valence-electron chi connectivity index (χ1n) is 13.5. The number of aromatic amines is 1. The van der Waals surface area contributed by atoms with E-state index in [0.717, 1.165) is 65.0 Å². The van der Waals surface area contributed by atoms with E-state index in [0.29, 0.717) is 23.7 Å². The average molecular weight is 513 g/mol. The summed E-state index contributed by atoms with van der Waals surface area (Å²) in [5.41, 5.74) is 6.14. The summed E-state index contributed by atoms with van der Waals surface area (Å²) >= 11 is 0. The van der Waals surface area contributed by atoms with Crippen LogP contribution in [0.2, 0.25) is 0 Å². The molecule has 5 rings (SSSR count). The average Bonchev–Trinajstić information content (AvgIpc) is 3.23. The second-order valence-electron chi connectivity index (χ2n) is 10.4. The molecule has 0 radical (unpaired) electrons. The van der Waals surface area contributed by atoms with Crippen molar-refractivity contribution in [3.63, 3.8) is 0 Å². The summed E-state index contributed by atoms with van der Waals surface area (Å²) in [5, 5.41) is 0.968. The molecule has 198 valence electrons. The number of aromatic nitrogens is 2. The smallest absolute Gasteiger partial charge is 0.255 e. The van der Waals surface area contributed by atoms with E-state index in [-0.39, 0.29) is 23.8 Å². The number of nitrogens with zero attached hydrogens (tertiary/aromatic N) is 1. The Kier molecular flexibility index (Phi) is 7.52. The van der Waals surface area contributed by atoms with Crippen LogP contribution in [0.5, 0.6) is 5.75 Å². The first kappa shape index (κ1) is 26.0. The van der Waals surface area contributed by atoms with Crippen LogP contribution in [0.25, 0.3) is 22.0 Å². The summed E-state index contributed by atoms with van der Waals surface area (Å²) in [5.74, 6) is 1.05. The number of ketones is 1. The minimum absolute atomic E-state index is 0.0416. The molecule has 0 bridgehead atoms. The summed E-state index contributed by atoms with van der Waals surface area (Å²) < 4.78 is 13.4. The van der Waals surface area contributed by atoms with Crippen molar-refractivity contribution in [3.8, 4) is 16.9 Å². The minimum atomic E-state index is -0.200. The zero-order chi connectivity index (χ0) is 26.8. The molecule has 6 heteroatoms. The monoisotopic (exact) mass is 512 g/mol. The van der Waals surface area contributed by atoms with Crippen molar-refractivity contribution in [1.29, 1.82) is 0 Å². The normalized spacial score (nSPS) is 15.1. The lowest BCUT2D eigenvalue weighted by Crippen LogP contribution is -2.24. The molecule has 1 saturated heterocycles. The van der Waals surface area contributed by atoms with Crippen LogP contribution >= 0.6 is 0 Å². The highest BCUT2D eigenvalue weighted by Gasteiger charge is 2.28. The van der Waals surface area contributed by atoms with E-state index in [1.165, 1.54) is 0 Å². The molecule has 2 aromatic heterocycles. The highest BCUT2D eigenvalue weighted by atomic mass is 16.5. The molecular formula is C32H36N2O4. The fourth-order valence-electron chi connectivity index (χ4n) is 6.00. The summed E-state index contributed by atoms with van der Waals surface area (Å²) in [7, 11) is 1.55. The Morgan fingerprint density at radius 1 is 1.08 bits per heavy atom. The molecular weight excluding hydrogens is 476 g/mol. The number of Topliss-reactive ketones (excluding diaryl/α,β-unsaturated/α-hetero) is 1. The summed E-state index contributed by atoms with van der Waals surface area (Å²) in [6, 6.07) is 18.8. The number of ether oxygens (including phenoxy) is 2. The highest BCUT2D eigenvalue weighted by Crippen LogP contribution is 2.37. The van der Waals surface area contributed by atoms with Gasteiger partial charge in [-0.1, -0.05) is 42.5 Å². The van der Waals surface area contributed by atoms with Crippen LogP contribution in [-0.2, 0) is 11.2 Å². The number of benzene rings is 2. The molecule has 0 aliphatic carbocycles. The van der Waals surface area contributed by atoms with Gasteiger partial charge in [0.05, 0.1) is 12.7 Å². The van der Waals surface area contributed by atoms with Gasteiger partial charge in [-0.2, -0.15) is 0 Å². The lowest BCUT2D eigenvalue weighted by atomic mass is 9.92. The van der Waals surface area contributed by atoms with Gasteiger partial charge in [0.15, 0.2) is 5.78 Å². The van der Waals surface area contributed by atoms with Gasteiger partial charge >= 0.3 is 0 Å². The molecule has 0 spiro atoms. The molecule has 3 heterocycles. The minimum Gasteiger partial charge on any atom is -0.496 e. The fourth-order valence-corrected chi connectivity index (χ4v) is 6.00. The number of fused-ring (bicyclic) bond motifs is 1. The number of nitrogens with one attached hydrogen (secondary N) is 1. The molecule has 0 saturated carbocycles. The van der Waals surface area contributed by atoms with Crippen molar-refractivity contribution in [2.24, 2.45) is 5.92 Å². The quantitative estimate of drug-likeness (QED) is 0.276. The fraction of sp³-hybridized carbons (Fsp3) is 0.375. The van der Waals surface area contributed by atoms with Crippen LogP contribution in [0, 0.1) is 19.8 Å². The second-order valence-corrected chi connectivity index (χ2v) is 10.4. The van der Waals surface area contributed by atoms with Crippen molar-refractivity contribution in [2.75, 3.05) is 20.3 Å². The van der Waals surface area contributed by atoms with Crippen LogP contribution in [-0.4, -0.2) is 35.7 Å². The first-order valence-corrected chi connectivity index (χ1v) is 13.5. The van der Waals surface area contributed by atoms with Gasteiger partial charge in [-0.15, -0.1) is 0 Å². The molecule has 4 aromatic rings. The molecule has 1 N–H and O–H groups in total. The lowest BCUT2D eigenvalue weighted by molar-refractivity contribution is 0.0517. The largest absolute Gasteiger partial charge is 0.496 e. The molecule has 1 unspecified atom stereocenters. The van der Waals surface area contributed by atoms with E-state index in [1.807, 2.05) is 25.1 Å². The van der Waals surface area contributed by atoms with Gasteiger partial charge in [-0.25, -0.2) is 0 Å². The number of hydrogen-bond donors (Lipinski definition) is 1. The number of methoxy groups -OCH3 is 1. The highest BCUT2D eigenvalue weighted by molar-refractivity contribution is 6.10. The van der Waals surface area contributed by atoms with Crippen molar-refractivity contribution in [3.05, 3.63) is 87.5 Å². The van der Waals surface area contributed by atoms with Crippen molar-refractivity contribution in [2.45, 2.75) is 52.5 Å². The van der Waals surface area contributed by atoms with Crippen molar-refractivity contribution >= 4 is 16.7 Å². The van der Waals surface area contributed by atoms with Gasteiger partial charge in [0.1, 0.15) is 5.75 Å². The zero-order valence-electron chi connectivity index (χ0n) is 22.7. The maximum absolute atomic E-state index is 13.8. The number of hydrogen-bond acceptors (Lipinski definition) is 4. The predicted octanol–water partition coefficient (Wildman–Crippen LogP) is 6.43. The molecule has 38 heavy (non-hydrogen) atoms. The third-order valence-electron chi connectivity index (χ3n) is 8.04. The standard InChI is InChI=1S/C32H36N2O4/c1-20-18-30(37-4)27(32(36)33-20)12-13-29(35)31-22(3)34(21(2)23-14-16-38-17-15-23)28-19-25(10-11-26(28)31)24-8-6-5-7-9-24/h5-11,18-19,21,23H,12-17H2,1-4H3,(H,33,36). The van der Waals surface area contributed by atoms with Crippen LogP contribution in [0.1, 0.15) is 59.5 Å². The van der Waals surface area contributed by atoms with E-state index in [2.05, 4.69) is 53.7 Å². The van der Waals surface area contributed by atoms with Crippen LogP contribution in [0.4, 0.5) is 0 Å². The topological polar surface area (TPSA) is 73.3 Å². The van der Waals surface area contributed by atoms with Gasteiger partial charge in [-0.05, 0) is 69.2 Å². The Balaban J connectivity index is 1.56. The number of carbonyl (C=O) groups excluding carboxylic acids is 1. The van der Waals surface area contributed by atoms with E-state index in [1.54, 1.807) is 13.2 Å². The van der Waals surface area contributed by atoms with E-state index < -0.39 is 0 Å². The van der Waals surface area contributed by atoms with Gasteiger partial charge in [0.25, 0.3) is 5.56 Å². The summed E-state index contributed by atoms with van der Waals surface area (Å²) in [6.45, 7) is 7.70. The molecule has 1 aliphatic rings. The lowest BCUT2D eigenvalue weighted by Gasteiger charge is -2.30. The molecule has 1 atom stereocenters. The second kappa shape index (κ2) is 11.0. The number of pyridine rings is 1. The third kappa shape index (κ3) is 4.93. The van der Waals surface area contributed by atoms with Gasteiger partial charge < -0.3 is 19.0 Å². The molecule has 6 nitrogen and oxygen atoms in total. The first-order chi connectivity index (χ1) is 18.4. The molecule has 0 amide bonds. The molecule has 1 aliphatic heterocycles. The van der Waals surface area contributed by atoms with Crippen molar-refractivity contribution in [1.82, 2.24) is 9.55 Å². The summed E-state index contributed by atoms with van der Waals surface area (Å²) in [4.78, 5) is 29.3. The van der Waals surface area contributed by atoms with E-state index >= 15 is 0 Å². The van der Waals surface area contributed by atoms with Crippen LogP contribution in [0.15, 0.2) is 59.4 Å². The Hall–Kier alpha value is -3.64. The van der Waals surface area contributed by atoms with Crippen molar-refractivity contribution < 1.29 is 14.3 Å². The predicted molar refractivity (Wildman–Crippen MR) is 151 cm³/mol. The maximum Gasteiger partial charge on any atom is 0.255 e. The maximum atomic E-state index is 13.8.